The maximum atomic E-state index is 13.1. The highest BCUT2D eigenvalue weighted by Gasteiger charge is 2.23. The molecule has 1 aliphatic rings. The highest BCUT2D eigenvalue weighted by Crippen LogP contribution is 2.25. The van der Waals surface area contributed by atoms with Crippen LogP contribution in [0.5, 0.6) is 5.75 Å². The zero-order valence-electron chi connectivity index (χ0n) is 17.5. The number of H-pyrrole nitrogens is 2. The minimum absolute atomic E-state index is 0.0546. The summed E-state index contributed by atoms with van der Waals surface area (Å²) in [6, 6.07) is 19.9. The smallest absolute Gasteiger partial charge is 0.270 e. The van der Waals surface area contributed by atoms with Gasteiger partial charge >= 0.3 is 0 Å². The van der Waals surface area contributed by atoms with Gasteiger partial charge in [-0.15, -0.1) is 0 Å². The number of para-hydroxylation sites is 1. The summed E-state index contributed by atoms with van der Waals surface area (Å²) in [7, 11) is 1.66. The Morgan fingerprint density at radius 1 is 1.00 bits per heavy atom. The van der Waals surface area contributed by atoms with Crippen molar-refractivity contribution >= 4 is 22.6 Å². The number of fused-ring (bicyclic) bond motifs is 1. The lowest BCUT2D eigenvalue weighted by Crippen LogP contribution is -2.35. The monoisotopic (exact) mass is 415 g/mol. The van der Waals surface area contributed by atoms with Gasteiger partial charge in [0.25, 0.3) is 5.91 Å². The van der Waals surface area contributed by atoms with Crippen LogP contribution in [-0.2, 0) is 0 Å². The molecule has 0 spiro atoms. The Morgan fingerprint density at radius 2 is 1.84 bits per heavy atom. The summed E-state index contributed by atoms with van der Waals surface area (Å²) < 4.78 is 5.23. The van der Waals surface area contributed by atoms with Gasteiger partial charge in [0, 0.05) is 43.1 Å². The maximum Gasteiger partial charge on any atom is 0.270 e. The molecule has 0 atom stereocenters. The quantitative estimate of drug-likeness (QED) is 0.530. The number of carbonyl (C=O) groups excluding carboxylic acids is 1. The van der Waals surface area contributed by atoms with Crippen LogP contribution < -0.4 is 9.64 Å². The van der Waals surface area contributed by atoms with Crippen molar-refractivity contribution in [2.75, 3.05) is 38.2 Å². The lowest BCUT2D eigenvalue weighted by Gasteiger charge is -2.21. The van der Waals surface area contributed by atoms with E-state index in [0.29, 0.717) is 12.2 Å². The molecule has 7 nitrogen and oxygen atoms in total. The summed E-state index contributed by atoms with van der Waals surface area (Å²) in [5.41, 5.74) is 3.67. The van der Waals surface area contributed by atoms with Gasteiger partial charge in [0.1, 0.15) is 11.4 Å². The molecule has 1 saturated heterocycles. The second kappa shape index (κ2) is 8.18. The molecule has 158 valence electrons. The number of amides is 1. The summed E-state index contributed by atoms with van der Waals surface area (Å²) in [5.74, 6) is 1.79. The van der Waals surface area contributed by atoms with Gasteiger partial charge in [0.05, 0.1) is 12.8 Å². The van der Waals surface area contributed by atoms with Gasteiger partial charge in [-0.05, 0) is 48.4 Å². The first-order valence-electron chi connectivity index (χ1n) is 10.5. The van der Waals surface area contributed by atoms with Gasteiger partial charge in [-0.25, -0.2) is 0 Å². The number of nitrogens with zero attached hydrogens (tertiary/aromatic N) is 3. The Hall–Kier alpha value is -3.74. The van der Waals surface area contributed by atoms with E-state index in [9.17, 15) is 4.79 Å². The number of carbonyl (C=O) groups is 1. The van der Waals surface area contributed by atoms with Crippen LogP contribution in [-0.4, -0.2) is 59.3 Å². The van der Waals surface area contributed by atoms with Crippen molar-refractivity contribution < 1.29 is 9.53 Å². The molecule has 7 heteroatoms. The number of benzene rings is 2. The molecule has 2 aromatic heterocycles. The SMILES string of the molecule is COc1ccc(-c2cc(N3CCCN(C(=O)c4cc5ccccc5[nH]4)CC3)n[nH]2)cc1. The Bertz CT molecular complexity index is 1160. The van der Waals surface area contributed by atoms with Crippen LogP contribution >= 0.6 is 0 Å². The molecule has 0 aliphatic carbocycles. The number of anilines is 1. The topological polar surface area (TPSA) is 77.2 Å². The van der Waals surface area contributed by atoms with Gasteiger partial charge in [-0.3, -0.25) is 9.89 Å². The number of hydrogen-bond donors (Lipinski definition) is 2. The number of hydrogen-bond acceptors (Lipinski definition) is 4. The van der Waals surface area contributed by atoms with Crippen molar-refractivity contribution in [2.24, 2.45) is 0 Å². The number of methoxy groups -OCH3 is 1. The zero-order chi connectivity index (χ0) is 21.2. The second-order valence-corrected chi connectivity index (χ2v) is 7.77. The molecular weight excluding hydrogens is 390 g/mol. The zero-order valence-corrected chi connectivity index (χ0v) is 17.5. The molecule has 0 radical (unpaired) electrons. The first-order valence-corrected chi connectivity index (χ1v) is 10.5. The number of aromatic amines is 2. The summed E-state index contributed by atoms with van der Waals surface area (Å²) in [6.07, 6.45) is 0.900. The van der Waals surface area contributed by atoms with E-state index in [1.807, 2.05) is 59.5 Å². The summed E-state index contributed by atoms with van der Waals surface area (Å²) in [4.78, 5) is 20.5. The molecule has 2 N–H and O–H groups in total. The first kappa shape index (κ1) is 19.2. The third kappa shape index (κ3) is 3.86. The Morgan fingerprint density at radius 3 is 2.65 bits per heavy atom. The molecule has 1 aliphatic heterocycles. The summed E-state index contributed by atoms with van der Waals surface area (Å²) in [6.45, 7) is 3.02. The molecule has 31 heavy (non-hydrogen) atoms. The third-order valence-electron chi connectivity index (χ3n) is 5.83. The maximum absolute atomic E-state index is 13.1. The van der Waals surface area contributed by atoms with Crippen molar-refractivity contribution in [3.63, 3.8) is 0 Å². The predicted octanol–water partition coefficient (Wildman–Crippen LogP) is 3.92. The van der Waals surface area contributed by atoms with Crippen LogP contribution in [0.2, 0.25) is 0 Å². The average molecular weight is 415 g/mol. The fourth-order valence-electron chi connectivity index (χ4n) is 4.10. The largest absolute Gasteiger partial charge is 0.497 e. The van der Waals surface area contributed by atoms with Gasteiger partial charge in [-0.2, -0.15) is 5.10 Å². The third-order valence-corrected chi connectivity index (χ3v) is 5.83. The van der Waals surface area contributed by atoms with E-state index in [0.717, 1.165) is 59.8 Å². The highest BCUT2D eigenvalue weighted by molar-refractivity contribution is 5.98. The van der Waals surface area contributed by atoms with Crippen LogP contribution in [0, 0.1) is 0 Å². The number of ether oxygens (including phenoxy) is 1. The van der Waals surface area contributed by atoms with Crippen LogP contribution in [0.25, 0.3) is 22.2 Å². The predicted molar refractivity (Wildman–Crippen MR) is 122 cm³/mol. The average Bonchev–Trinajstić information content (AvgIpc) is 3.40. The molecule has 1 amide bonds. The Balaban J connectivity index is 1.27. The van der Waals surface area contributed by atoms with E-state index >= 15 is 0 Å². The van der Waals surface area contributed by atoms with Crippen molar-refractivity contribution in [3.8, 4) is 17.0 Å². The first-order chi connectivity index (χ1) is 15.2. The molecule has 1 fully saturated rings. The van der Waals surface area contributed by atoms with E-state index in [1.54, 1.807) is 7.11 Å². The van der Waals surface area contributed by atoms with Gasteiger partial charge in [0.2, 0.25) is 0 Å². The molecule has 5 rings (SSSR count). The highest BCUT2D eigenvalue weighted by atomic mass is 16.5. The second-order valence-electron chi connectivity index (χ2n) is 7.77. The Labute approximate surface area is 180 Å². The minimum Gasteiger partial charge on any atom is -0.497 e. The van der Waals surface area contributed by atoms with E-state index in [1.165, 1.54) is 0 Å². The van der Waals surface area contributed by atoms with Crippen molar-refractivity contribution in [1.82, 2.24) is 20.1 Å². The van der Waals surface area contributed by atoms with Gasteiger partial charge < -0.3 is 19.5 Å². The molecule has 0 saturated carbocycles. The fraction of sp³-hybridized carbons (Fsp3) is 0.250. The standard InChI is InChI=1S/C24H25N5O2/c1-31-19-9-7-17(8-10-19)21-16-23(27-26-21)28-11-4-12-29(14-13-28)24(30)22-15-18-5-2-3-6-20(18)25-22/h2-3,5-10,15-16,25H,4,11-14H2,1H3,(H,26,27). The van der Waals surface area contributed by atoms with E-state index in [2.05, 4.69) is 26.1 Å². The van der Waals surface area contributed by atoms with Crippen molar-refractivity contribution in [3.05, 3.63) is 66.4 Å². The van der Waals surface area contributed by atoms with Gasteiger partial charge in [-0.1, -0.05) is 18.2 Å². The number of aromatic nitrogens is 3. The molecule has 0 bridgehead atoms. The van der Waals surface area contributed by atoms with Crippen molar-refractivity contribution in [1.29, 1.82) is 0 Å². The van der Waals surface area contributed by atoms with Crippen molar-refractivity contribution in [2.45, 2.75) is 6.42 Å². The van der Waals surface area contributed by atoms with E-state index < -0.39 is 0 Å². The van der Waals surface area contributed by atoms with E-state index in [-0.39, 0.29) is 5.91 Å². The Kier molecular flexibility index (Phi) is 5.08. The lowest BCUT2D eigenvalue weighted by atomic mass is 10.1. The molecule has 3 heterocycles. The fourth-order valence-corrected chi connectivity index (χ4v) is 4.10. The number of rotatable bonds is 4. The molecule has 0 unspecified atom stereocenters. The molecular formula is C24H25N5O2. The van der Waals surface area contributed by atoms with Crippen LogP contribution in [0.15, 0.2) is 60.7 Å². The van der Waals surface area contributed by atoms with E-state index in [4.69, 9.17) is 4.74 Å². The molecule has 2 aromatic carbocycles. The molecule has 4 aromatic rings. The number of nitrogens with one attached hydrogen (secondary N) is 2. The summed E-state index contributed by atoms with van der Waals surface area (Å²) >= 11 is 0. The van der Waals surface area contributed by atoms with Crippen LogP contribution in [0.1, 0.15) is 16.9 Å². The summed E-state index contributed by atoms with van der Waals surface area (Å²) in [5, 5.41) is 8.71. The van der Waals surface area contributed by atoms with Crippen LogP contribution in [0.3, 0.4) is 0 Å². The lowest BCUT2D eigenvalue weighted by molar-refractivity contribution is 0.0762. The normalized spacial score (nSPS) is 14.6. The van der Waals surface area contributed by atoms with Gasteiger partial charge in [0.15, 0.2) is 5.82 Å². The minimum atomic E-state index is 0.0546. The van der Waals surface area contributed by atoms with Crippen LogP contribution in [0.4, 0.5) is 5.82 Å².